The fourth-order valence-electron chi connectivity index (χ4n) is 1.85. The van der Waals surface area contributed by atoms with Crippen LogP contribution in [-0.4, -0.2) is 10.2 Å². The van der Waals surface area contributed by atoms with Crippen LogP contribution in [-0.2, 0) is 6.54 Å². The summed E-state index contributed by atoms with van der Waals surface area (Å²) >= 11 is 6.72. The lowest BCUT2D eigenvalue weighted by molar-refractivity contribution is 0.494. The Morgan fingerprint density at radius 3 is 2.55 bits per heavy atom. The molecule has 6 heteroatoms. The number of aromatic nitrogens is 2. The van der Waals surface area contributed by atoms with Gasteiger partial charge in [-0.25, -0.2) is 0 Å². The monoisotopic (exact) mass is 395 g/mol. The van der Waals surface area contributed by atoms with E-state index in [-0.39, 0.29) is 0 Å². The lowest BCUT2D eigenvalue weighted by Gasteiger charge is -2.05. The average Bonchev–Trinajstić information content (AvgIpc) is 3.08. The molecule has 0 aliphatic heterocycles. The number of furan rings is 1. The second-order valence-corrected chi connectivity index (χ2v) is 5.81. The fraction of sp³-hybridized carbons (Fsp3) is 0.0714. The SMILES string of the molecule is Brc1cc(CNc2ccc(-c3ccn[nH]3)cc2)oc1Br. The lowest BCUT2D eigenvalue weighted by atomic mass is 10.1. The van der Waals surface area contributed by atoms with Crippen LogP contribution in [0.1, 0.15) is 5.76 Å². The van der Waals surface area contributed by atoms with Crippen molar-refractivity contribution in [2.24, 2.45) is 0 Å². The maximum Gasteiger partial charge on any atom is 0.183 e. The van der Waals surface area contributed by atoms with E-state index in [1.165, 1.54) is 0 Å². The van der Waals surface area contributed by atoms with E-state index < -0.39 is 0 Å². The number of anilines is 1. The van der Waals surface area contributed by atoms with Crippen molar-refractivity contribution in [3.8, 4) is 11.3 Å². The molecule has 0 saturated carbocycles. The molecule has 0 unspecified atom stereocenters. The van der Waals surface area contributed by atoms with Crippen molar-refractivity contribution in [1.82, 2.24) is 10.2 Å². The summed E-state index contributed by atoms with van der Waals surface area (Å²) in [6, 6.07) is 12.0. The van der Waals surface area contributed by atoms with Crippen LogP contribution < -0.4 is 5.32 Å². The van der Waals surface area contributed by atoms with Crippen molar-refractivity contribution in [2.75, 3.05) is 5.32 Å². The van der Waals surface area contributed by atoms with Gasteiger partial charge in [0.25, 0.3) is 0 Å². The molecule has 0 amide bonds. The normalized spacial score (nSPS) is 10.7. The van der Waals surface area contributed by atoms with Gasteiger partial charge in [-0.2, -0.15) is 5.10 Å². The van der Waals surface area contributed by atoms with Crippen LogP contribution in [0.4, 0.5) is 5.69 Å². The van der Waals surface area contributed by atoms with Gasteiger partial charge in [-0.15, -0.1) is 0 Å². The molecule has 102 valence electrons. The first-order chi connectivity index (χ1) is 9.72. The van der Waals surface area contributed by atoms with Crippen molar-refractivity contribution in [3.63, 3.8) is 0 Å². The smallest absolute Gasteiger partial charge is 0.183 e. The number of nitrogens with one attached hydrogen (secondary N) is 2. The topological polar surface area (TPSA) is 53.9 Å². The van der Waals surface area contributed by atoms with Crippen molar-refractivity contribution in [1.29, 1.82) is 0 Å². The van der Waals surface area contributed by atoms with Crippen LogP contribution in [0, 0.1) is 0 Å². The molecule has 0 spiro atoms. The summed E-state index contributed by atoms with van der Waals surface area (Å²) < 4.78 is 7.14. The van der Waals surface area contributed by atoms with Crippen molar-refractivity contribution < 1.29 is 4.42 Å². The molecule has 0 aliphatic carbocycles. The number of hydrogen-bond donors (Lipinski definition) is 2. The molecule has 2 aromatic heterocycles. The molecule has 3 rings (SSSR count). The molecular formula is C14H11Br2N3O. The molecule has 1 aromatic carbocycles. The zero-order chi connectivity index (χ0) is 13.9. The highest BCUT2D eigenvalue weighted by atomic mass is 79.9. The third kappa shape index (κ3) is 2.96. The van der Waals surface area contributed by atoms with Gasteiger partial charge in [-0.05, 0) is 61.7 Å². The number of H-pyrrole nitrogens is 1. The highest BCUT2D eigenvalue weighted by molar-refractivity contribution is 9.13. The Hall–Kier alpha value is -1.53. The number of halogens is 2. The summed E-state index contributed by atoms with van der Waals surface area (Å²) in [5.74, 6) is 0.862. The van der Waals surface area contributed by atoms with Crippen molar-refractivity contribution in [2.45, 2.75) is 6.54 Å². The second kappa shape index (κ2) is 5.85. The van der Waals surface area contributed by atoms with Crippen molar-refractivity contribution in [3.05, 3.63) is 57.5 Å². The van der Waals surface area contributed by atoms with E-state index in [4.69, 9.17) is 4.42 Å². The van der Waals surface area contributed by atoms with Gasteiger partial charge in [0.2, 0.25) is 0 Å². The summed E-state index contributed by atoms with van der Waals surface area (Å²) in [5, 5.41) is 10.2. The van der Waals surface area contributed by atoms with E-state index in [0.717, 1.165) is 27.2 Å². The van der Waals surface area contributed by atoms with Gasteiger partial charge in [0.05, 0.1) is 16.7 Å². The van der Waals surface area contributed by atoms with Gasteiger partial charge in [0, 0.05) is 11.9 Å². The molecule has 0 radical (unpaired) electrons. The molecule has 0 aliphatic rings. The number of nitrogens with zero attached hydrogens (tertiary/aromatic N) is 1. The average molecular weight is 397 g/mol. The third-order valence-corrected chi connectivity index (χ3v) is 4.57. The molecular weight excluding hydrogens is 386 g/mol. The summed E-state index contributed by atoms with van der Waals surface area (Å²) in [7, 11) is 0. The Kier molecular flexibility index (Phi) is 3.93. The predicted molar refractivity (Wildman–Crippen MR) is 85.5 cm³/mol. The largest absolute Gasteiger partial charge is 0.451 e. The molecule has 0 atom stereocenters. The van der Waals surface area contributed by atoms with Crippen LogP contribution >= 0.6 is 31.9 Å². The number of aromatic amines is 1. The predicted octanol–water partition coefficient (Wildman–Crippen LogP) is 4.81. The first-order valence-corrected chi connectivity index (χ1v) is 7.58. The van der Waals surface area contributed by atoms with Gasteiger partial charge in [0.15, 0.2) is 4.67 Å². The van der Waals surface area contributed by atoms with Gasteiger partial charge in [-0.3, -0.25) is 5.10 Å². The van der Waals surface area contributed by atoms with E-state index >= 15 is 0 Å². The molecule has 0 saturated heterocycles. The maximum atomic E-state index is 5.51. The molecule has 4 nitrogen and oxygen atoms in total. The zero-order valence-corrected chi connectivity index (χ0v) is 13.5. The first kappa shape index (κ1) is 13.5. The Balaban J connectivity index is 1.66. The van der Waals surface area contributed by atoms with E-state index in [1.54, 1.807) is 6.20 Å². The Morgan fingerprint density at radius 2 is 1.95 bits per heavy atom. The third-order valence-electron chi connectivity index (χ3n) is 2.86. The quantitative estimate of drug-likeness (QED) is 0.665. The van der Waals surface area contributed by atoms with Crippen LogP contribution in [0.25, 0.3) is 11.3 Å². The zero-order valence-electron chi connectivity index (χ0n) is 10.4. The molecule has 2 heterocycles. The van der Waals surface area contributed by atoms with E-state index in [1.807, 2.05) is 36.4 Å². The summed E-state index contributed by atoms with van der Waals surface area (Å²) in [6.45, 7) is 0.633. The van der Waals surface area contributed by atoms with E-state index in [2.05, 4.69) is 47.4 Å². The van der Waals surface area contributed by atoms with Crippen LogP contribution in [0.3, 0.4) is 0 Å². The van der Waals surface area contributed by atoms with Crippen LogP contribution in [0.2, 0.25) is 0 Å². The van der Waals surface area contributed by atoms with Crippen LogP contribution in [0.15, 0.2) is 56.2 Å². The molecule has 0 bridgehead atoms. The van der Waals surface area contributed by atoms with E-state index in [0.29, 0.717) is 11.2 Å². The van der Waals surface area contributed by atoms with E-state index in [9.17, 15) is 0 Å². The minimum Gasteiger partial charge on any atom is -0.451 e. The molecule has 3 aromatic rings. The lowest BCUT2D eigenvalue weighted by Crippen LogP contribution is -1.97. The Morgan fingerprint density at radius 1 is 1.15 bits per heavy atom. The summed E-state index contributed by atoms with van der Waals surface area (Å²) in [4.78, 5) is 0. The van der Waals surface area contributed by atoms with Crippen LogP contribution in [0.5, 0.6) is 0 Å². The standard InChI is InChI=1S/C14H11Br2N3O/c15-12-7-11(20-14(12)16)8-17-10-3-1-9(2-4-10)13-5-6-18-19-13/h1-7,17H,8H2,(H,18,19). The molecule has 0 fully saturated rings. The highest BCUT2D eigenvalue weighted by Gasteiger charge is 2.05. The van der Waals surface area contributed by atoms with Crippen molar-refractivity contribution >= 4 is 37.5 Å². The fourth-order valence-corrected chi connectivity index (χ4v) is 2.51. The van der Waals surface area contributed by atoms with Gasteiger partial charge >= 0.3 is 0 Å². The minimum absolute atomic E-state index is 0.633. The number of benzene rings is 1. The van der Waals surface area contributed by atoms with Gasteiger partial charge < -0.3 is 9.73 Å². The summed E-state index contributed by atoms with van der Waals surface area (Å²) in [6.07, 6.45) is 1.74. The minimum atomic E-state index is 0.633. The molecule has 2 N–H and O–H groups in total. The second-order valence-electron chi connectivity index (χ2n) is 4.24. The molecule has 20 heavy (non-hydrogen) atoms. The Bertz CT molecular complexity index is 670. The summed E-state index contributed by atoms with van der Waals surface area (Å²) in [5.41, 5.74) is 3.16. The maximum absolute atomic E-state index is 5.51. The van der Waals surface area contributed by atoms with Gasteiger partial charge in [0.1, 0.15) is 5.76 Å². The van der Waals surface area contributed by atoms with Gasteiger partial charge in [-0.1, -0.05) is 12.1 Å². The number of rotatable bonds is 4. The first-order valence-electron chi connectivity index (χ1n) is 6.00. The number of hydrogen-bond acceptors (Lipinski definition) is 3. The highest BCUT2D eigenvalue weighted by Crippen LogP contribution is 2.27. The Labute approximate surface area is 132 Å².